The van der Waals surface area contributed by atoms with Gasteiger partial charge in [-0.2, -0.15) is 0 Å². The zero-order valence-corrected chi connectivity index (χ0v) is 21.2. The second-order valence-electron chi connectivity index (χ2n) is 8.09. The summed E-state index contributed by atoms with van der Waals surface area (Å²) >= 11 is 15.7. The fourth-order valence-corrected chi connectivity index (χ4v) is 4.98. The molecule has 0 radical (unpaired) electrons. The lowest BCUT2D eigenvalue weighted by Crippen LogP contribution is -2.29. The largest absolute Gasteiger partial charge is 0.459 e. The maximum absolute atomic E-state index is 6.46. The van der Waals surface area contributed by atoms with Crippen LogP contribution in [-0.4, -0.2) is 10.1 Å². The second kappa shape index (κ2) is 8.93. The van der Waals surface area contributed by atoms with Crippen molar-refractivity contribution in [2.24, 2.45) is 0 Å². The molecule has 1 fully saturated rings. The Morgan fingerprint density at radius 3 is 2.64 bits per heavy atom. The predicted octanol–water partition coefficient (Wildman–Crippen LogP) is 7.55. The summed E-state index contributed by atoms with van der Waals surface area (Å²) in [6.45, 7) is 4.12. The average molecular weight is 539 g/mol. The summed E-state index contributed by atoms with van der Waals surface area (Å²) in [5.41, 5.74) is 5.10. The molecule has 7 heteroatoms. The van der Waals surface area contributed by atoms with Crippen molar-refractivity contribution in [2.45, 2.75) is 25.9 Å². The van der Waals surface area contributed by atoms with Gasteiger partial charge in [-0.1, -0.05) is 39.7 Å². The fourth-order valence-electron chi connectivity index (χ4n) is 4.22. The molecule has 5 rings (SSSR count). The number of aryl methyl sites for hydroxylation is 2. The smallest absolute Gasteiger partial charge is 0.174 e. The Labute approximate surface area is 211 Å². The molecule has 0 amide bonds. The summed E-state index contributed by atoms with van der Waals surface area (Å²) in [6.07, 6.45) is 1.80. The fraction of sp³-hybridized carbons (Fsp3) is 0.154. The first-order valence-electron chi connectivity index (χ1n) is 10.6. The molecular formula is C26H21BrClN3OS. The maximum Gasteiger partial charge on any atom is 0.174 e. The van der Waals surface area contributed by atoms with Gasteiger partial charge in [-0.15, -0.1) is 0 Å². The van der Waals surface area contributed by atoms with Gasteiger partial charge in [0, 0.05) is 26.9 Å². The van der Waals surface area contributed by atoms with Crippen LogP contribution < -0.4 is 10.2 Å². The summed E-state index contributed by atoms with van der Waals surface area (Å²) < 4.78 is 7.51. The van der Waals surface area contributed by atoms with Crippen LogP contribution in [0.1, 0.15) is 34.7 Å². The third kappa shape index (κ3) is 4.19. The molecule has 1 N–H and O–H groups in total. The molecule has 0 unspecified atom stereocenters. The number of rotatable bonds is 4. The molecule has 0 bridgehead atoms. The monoisotopic (exact) mass is 537 g/mol. The minimum Gasteiger partial charge on any atom is -0.459 e. The number of nitrogens with one attached hydrogen (secondary N) is 1. The topological polar surface area (TPSA) is 41.3 Å². The SMILES string of the molecule is Cc1cc(N2C(=S)N[C@@H](c3ccccn3)[C@@H]2c2ccc(-c3cc(Cl)ccc3C)o2)ccc1Br. The number of benzene rings is 2. The van der Waals surface area contributed by atoms with E-state index in [1.807, 2.05) is 61.5 Å². The van der Waals surface area contributed by atoms with E-state index < -0.39 is 0 Å². The number of hydrogen-bond acceptors (Lipinski definition) is 3. The Morgan fingerprint density at radius 2 is 1.88 bits per heavy atom. The van der Waals surface area contributed by atoms with E-state index in [1.54, 1.807) is 6.20 Å². The van der Waals surface area contributed by atoms with Crippen molar-refractivity contribution < 1.29 is 4.42 Å². The van der Waals surface area contributed by atoms with E-state index in [1.165, 1.54) is 0 Å². The Morgan fingerprint density at radius 1 is 1.03 bits per heavy atom. The molecule has 1 saturated heterocycles. The Kier molecular flexibility index (Phi) is 5.99. The van der Waals surface area contributed by atoms with Crippen molar-refractivity contribution in [1.82, 2.24) is 10.3 Å². The molecule has 1 aliphatic rings. The first kappa shape index (κ1) is 22.1. The van der Waals surface area contributed by atoms with Crippen LogP contribution in [0.2, 0.25) is 5.02 Å². The lowest BCUT2D eigenvalue weighted by Gasteiger charge is -2.26. The van der Waals surface area contributed by atoms with Gasteiger partial charge >= 0.3 is 0 Å². The Bertz CT molecular complexity index is 1340. The van der Waals surface area contributed by atoms with E-state index >= 15 is 0 Å². The second-order valence-corrected chi connectivity index (χ2v) is 9.77. The molecule has 0 saturated carbocycles. The molecule has 0 aliphatic carbocycles. The van der Waals surface area contributed by atoms with Crippen LogP contribution in [0.15, 0.2) is 81.8 Å². The van der Waals surface area contributed by atoms with Gasteiger partial charge in [-0.05, 0) is 91.8 Å². The van der Waals surface area contributed by atoms with Gasteiger partial charge in [0.2, 0.25) is 0 Å². The van der Waals surface area contributed by atoms with Gasteiger partial charge in [-0.3, -0.25) is 4.98 Å². The number of pyridine rings is 1. The molecule has 2 atom stereocenters. The van der Waals surface area contributed by atoms with Crippen LogP contribution in [0, 0.1) is 13.8 Å². The molecule has 2 aromatic carbocycles. The van der Waals surface area contributed by atoms with Crippen molar-refractivity contribution in [3.8, 4) is 11.3 Å². The van der Waals surface area contributed by atoms with Crippen molar-refractivity contribution in [3.63, 3.8) is 0 Å². The van der Waals surface area contributed by atoms with Crippen molar-refractivity contribution in [1.29, 1.82) is 0 Å². The van der Waals surface area contributed by atoms with Gasteiger partial charge in [0.25, 0.3) is 0 Å². The Hall–Kier alpha value is -2.67. The summed E-state index contributed by atoms with van der Waals surface area (Å²) in [5.74, 6) is 1.57. The van der Waals surface area contributed by atoms with Crippen LogP contribution >= 0.6 is 39.7 Å². The van der Waals surface area contributed by atoms with E-state index in [9.17, 15) is 0 Å². The number of aromatic nitrogens is 1. The first-order valence-corrected chi connectivity index (χ1v) is 12.1. The maximum atomic E-state index is 6.46. The Balaban J connectivity index is 1.62. The summed E-state index contributed by atoms with van der Waals surface area (Å²) in [7, 11) is 0. The third-order valence-electron chi connectivity index (χ3n) is 5.90. The van der Waals surface area contributed by atoms with Gasteiger partial charge in [0.15, 0.2) is 5.11 Å². The highest BCUT2D eigenvalue weighted by Gasteiger charge is 2.42. The van der Waals surface area contributed by atoms with Gasteiger partial charge in [0.05, 0.1) is 11.7 Å². The van der Waals surface area contributed by atoms with E-state index in [2.05, 4.69) is 50.2 Å². The molecule has 0 spiro atoms. The molecular weight excluding hydrogens is 518 g/mol. The summed E-state index contributed by atoms with van der Waals surface area (Å²) in [5, 5.41) is 4.78. The number of hydrogen-bond donors (Lipinski definition) is 1. The normalized spacial score (nSPS) is 17.9. The zero-order chi connectivity index (χ0) is 23.1. The third-order valence-corrected chi connectivity index (χ3v) is 7.34. The van der Waals surface area contributed by atoms with E-state index in [-0.39, 0.29) is 12.1 Å². The van der Waals surface area contributed by atoms with Crippen LogP contribution in [-0.2, 0) is 0 Å². The van der Waals surface area contributed by atoms with Gasteiger partial charge in [-0.25, -0.2) is 0 Å². The minimum absolute atomic E-state index is 0.165. The standard InChI is InChI=1S/C26H21BrClN3OS/c1-15-6-7-17(28)14-19(15)22-10-11-23(32-22)25-24(21-5-3-4-12-29-21)30-26(33)31(25)18-8-9-20(27)16(2)13-18/h3-14,24-25H,1-2H3,(H,30,33)/t24-,25-/m0/s1. The highest BCUT2D eigenvalue weighted by Crippen LogP contribution is 2.43. The number of halogens is 2. The average Bonchev–Trinajstić information content (AvgIpc) is 3.42. The first-order chi connectivity index (χ1) is 15.9. The lowest BCUT2D eigenvalue weighted by atomic mass is 10.0. The molecule has 1 aliphatic heterocycles. The van der Waals surface area contributed by atoms with E-state index in [4.69, 9.17) is 28.2 Å². The van der Waals surface area contributed by atoms with E-state index in [0.717, 1.165) is 44.1 Å². The van der Waals surface area contributed by atoms with Gasteiger partial charge < -0.3 is 14.6 Å². The number of anilines is 1. The van der Waals surface area contributed by atoms with Gasteiger partial charge in [0.1, 0.15) is 17.6 Å². The summed E-state index contributed by atoms with van der Waals surface area (Å²) in [4.78, 5) is 6.72. The molecule has 166 valence electrons. The number of nitrogens with zero attached hydrogens (tertiary/aromatic N) is 2. The van der Waals surface area contributed by atoms with Crippen LogP contribution in [0.25, 0.3) is 11.3 Å². The van der Waals surface area contributed by atoms with Crippen LogP contribution in [0.4, 0.5) is 5.69 Å². The quantitative estimate of drug-likeness (QED) is 0.272. The highest BCUT2D eigenvalue weighted by molar-refractivity contribution is 9.10. The van der Waals surface area contributed by atoms with Crippen LogP contribution in [0.5, 0.6) is 0 Å². The lowest BCUT2D eigenvalue weighted by molar-refractivity contribution is 0.439. The summed E-state index contributed by atoms with van der Waals surface area (Å²) in [6, 6.07) is 21.6. The van der Waals surface area contributed by atoms with Crippen molar-refractivity contribution in [3.05, 3.63) is 105 Å². The van der Waals surface area contributed by atoms with Crippen molar-refractivity contribution >= 4 is 50.5 Å². The molecule has 4 nitrogen and oxygen atoms in total. The predicted molar refractivity (Wildman–Crippen MR) is 141 cm³/mol. The zero-order valence-electron chi connectivity index (χ0n) is 18.0. The minimum atomic E-state index is -0.207. The molecule has 33 heavy (non-hydrogen) atoms. The van der Waals surface area contributed by atoms with Crippen molar-refractivity contribution in [2.75, 3.05) is 4.90 Å². The molecule has 2 aromatic heterocycles. The van der Waals surface area contributed by atoms with E-state index in [0.29, 0.717) is 10.1 Å². The number of furan rings is 1. The highest BCUT2D eigenvalue weighted by atomic mass is 79.9. The number of thiocarbonyl (C=S) groups is 1. The molecule has 3 heterocycles. The molecule has 4 aromatic rings. The van der Waals surface area contributed by atoms with Crippen LogP contribution in [0.3, 0.4) is 0 Å².